The molecular formula is C27H41F2N3O7. The summed E-state index contributed by atoms with van der Waals surface area (Å²) in [5.74, 6) is -5.65. The minimum absolute atomic E-state index is 0.0690. The number of hydrogen-bond acceptors (Lipinski definition) is 7. The van der Waals surface area contributed by atoms with Crippen LogP contribution in [0, 0.1) is 5.92 Å². The average molecular weight is 558 g/mol. The molecule has 0 unspecified atom stereocenters. The molecule has 0 aromatic rings. The number of β-amino-alcohol motifs (C(OH)–C–C–N with tert-alkyl or cyclic N) is 1. The van der Waals surface area contributed by atoms with Crippen LogP contribution < -0.4 is 10.6 Å². The molecule has 1 saturated heterocycles. The molecule has 0 radical (unpaired) electrons. The predicted molar refractivity (Wildman–Crippen MR) is 139 cm³/mol. The Morgan fingerprint density at radius 3 is 2.41 bits per heavy atom. The molecule has 39 heavy (non-hydrogen) atoms. The quantitative estimate of drug-likeness (QED) is 0.234. The van der Waals surface area contributed by atoms with Gasteiger partial charge in [-0.15, -0.1) is 13.2 Å². The van der Waals surface area contributed by atoms with Crippen molar-refractivity contribution in [3.8, 4) is 0 Å². The maximum atomic E-state index is 14.4. The van der Waals surface area contributed by atoms with Crippen LogP contribution >= 0.6 is 0 Å². The molecule has 0 bridgehead atoms. The average Bonchev–Trinajstić information content (AvgIpc) is 3.41. The molecule has 10 nitrogen and oxygen atoms in total. The van der Waals surface area contributed by atoms with E-state index in [-0.39, 0.29) is 38.3 Å². The van der Waals surface area contributed by atoms with Gasteiger partial charge in [0.1, 0.15) is 23.2 Å². The van der Waals surface area contributed by atoms with Gasteiger partial charge in [-0.1, -0.05) is 12.2 Å². The first-order valence-electron chi connectivity index (χ1n) is 13.2. The van der Waals surface area contributed by atoms with Crippen molar-refractivity contribution in [3.05, 3.63) is 25.3 Å². The largest absolute Gasteiger partial charge is 0.464 e. The maximum absolute atomic E-state index is 14.4. The smallest absolute Gasteiger partial charge is 0.408 e. The van der Waals surface area contributed by atoms with Gasteiger partial charge in [0.25, 0.3) is 0 Å². The number of amides is 3. The van der Waals surface area contributed by atoms with Gasteiger partial charge in [-0.25, -0.2) is 18.4 Å². The number of aliphatic hydroxyl groups excluding tert-OH is 1. The van der Waals surface area contributed by atoms with Gasteiger partial charge in [0.2, 0.25) is 17.7 Å². The molecular weight excluding hydrogens is 516 g/mol. The zero-order valence-corrected chi connectivity index (χ0v) is 23.1. The second kappa shape index (κ2) is 12.9. The SMILES string of the molecule is C=CCCC(F)(F)CC[C@H](NC(=O)OC(C)(C)C)C(=O)N1C[C@H](O)C[C@H]1C(=O)N[C@]1(C(=O)OCC)C[C@H]1C=C. The molecule has 0 aromatic carbocycles. The number of alkyl carbamates (subject to hydrolysis) is 1. The number of carbonyl (C=O) groups is 4. The number of nitrogens with zero attached hydrogens (tertiary/aromatic N) is 1. The van der Waals surface area contributed by atoms with Crippen molar-refractivity contribution in [1.29, 1.82) is 0 Å². The molecule has 1 saturated carbocycles. The first-order valence-corrected chi connectivity index (χ1v) is 13.2. The number of allylic oxidation sites excluding steroid dienone is 1. The van der Waals surface area contributed by atoms with E-state index in [4.69, 9.17) is 9.47 Å². The van der Waals surface area contributed by atoms with Gasteiger partial charge in [0.15, 0.2) is 0 Å². The number of likely N-dealkylation sites (tertiary alicyclic amines) is 1. The van der Waals surface area contributed by atoms with Crippen molar-refractivity contribution in [2.75, 3.05) is 13.2 Å². The summed E-state index contributed by atoms with van der Waals surface area (Å²) in [6.07, 6.45) is -0.588. The van der Waals surface area contributed by atoms with Crippen LogP contribution in [-0.2, 0) is 23.9 Å². The Labute approximate surface area is 228 Å². The molecule has 3 amide bonds. The lowest BCUT2D eigenvalue weighted by molar-refractivity contribution is -0.150. The number of rotatable bonds is 13. The third-order valence-corrected chi connectivity index (χ3v) is 6.65. The normalized spacial score (nSPS) is 25.3. The van der Waals surface area contributed by atoms with E-state index in [9.17, 15) is 33.1 Å². The second-order valence-corrected chi connectivity index (χ2v) is 11.0. The topological polar surface area (TPSA) is 134 Å². The number of halogens is 2. The molecule has 2 aliphatic rings. The van der Waals surface area contributed by atoms with Crippen molar-refractivity contribution in [1.82, 2.24) is 15.5 Å². The first kappa shape index (κ1) is 32.2. The predicted octanol–water partition coefficient (Wildman–Crippen LogP) is 2.85. The monoisotopic (exact) mass is 557 g/mol. The molecule has 2 fully saturated rings. The number of alkyl halides is 2. The van der Waals surface area contributed by atoms with Crippen LogP contribution in [0.4, 0.5) is 13.6 Å². The highest BCUT2D eigenvalue weighted by Gasteiger charge is 2.62. The fourth-order valence-electron chi connectivity index (χ4n) is 4.57. The van der Waals surface area contributed by atoms with Gasteiger partial charge in [0.05, 0.1) is 12.7 Å². The molecule has 1 heterocycles. The van der Waals surface area contributed by atoms with Crippen LogP contribution in [0.3, 0.4) is 0 Å². The van der Waals surface area contributed by atoms with Crippen LogP contribution in [0.25, 0.3) is 0 Å². The van der Waals surface area contributed by atoms with E-state index in [1.807, 2.05) is 0 Å². The van der Waals surface area contributed by atoms with E-state index in [2.05, 4.69) is 23.8 Å². The van der Waals surface area contributed by atoms with Crippen LogP contribution in [0.1, 0.15) is 66.2 Å². The van der Waals surface area contributed by atoms with E-state index in [1.165, 1.54) is 12.2 Å². The Morgan fingerprint density at radius 2 is 1.87 bits per heavy atom. The van der Waals surface area contributed by atoms with E-state index < -0.39 is 78.4 Å². The van der Waals surface area contributed by atoms with Crippen molar-refractivity contribution >= 4 is 23.9 Å². The minimum atomic E-state index is -3.12. The fraction of sp³-hybridized carbons (Fsp3) is 0.704. The second-order valence-electron chi connectivity index (χ2n) is 11.0. The van der Waals surface area contributed by atoms with E-state index in [0.717, 1.165) is 4.90 Å². The van der Waals surface area contributed by atoms with Crippen LogP contribution in [-0.4, -0.2) is 82.3 Å². The van der Waals surface area contributed by atoms with Crippen LogP contribution in [0.15, 0.2) is 25.3 Å². The van der Waals surface area contributed by atoms with Crippen molar-refractivity contribution < 1.29 is 42.5 Å². The number of carbonyl (C=O) groups excluding carboxylic acids is 4. The Kier molecular flexibility index (Phi) is 10.6. The molecule has 0 spiro atoms. The molecule has 220 valence electrons. The summed E-state index contributed by atoms with van der Waals surface area (Å²) in [5, 5.41) is 15.3. The Hall–Kier alpha value is -3.02. The van der Waals surface area contributed by atoms with Crippen LogP contribution in [0.2, 0.25) is 0 Å². The Morgan fingerprint density at radius 1 is 1.21 bits per heavy atom. The number of ether oxygens (including phenoxy) is 2. The lowest BCUT2D eigenvalue weighted by Gasteiger charge is -2.31. The summed E-state index contributed by atoms with van der Waals surface area (Å²) in [6.45, 7) is 13.4. The number of esters is 1. The molecule has 3 N–H and O–H groups in total. The van der Waals surface area contributed by atoms with Crippen molar-refractivity contribution in [2.45, 2.75) is 101 Å². The molecule has 5 atom stereocenters. The van der Waals surface area contributed by atoms with Crippen molar-refractivity contribution in [2.24, 2.45) is 5.92 Å². The van der Waals surface area contributed by atoms with E-state index in [1.54, 1.807) is 27.7 Å². The van der Waals surface area contributed by atoms with E-state index in [0.29, 0.717) is 0 Å². The fourth-order valence-corrected chi connectivity index (χ4v) is 4.57. The molecule has 1 aliphatic heterocycles. The van der Waals surface area contributed by atoms with Crippen LogP contribution in [0.5, 0.6) is 0 Å². The zero-order valence-electron chi connectivity index (χ0n) is 23.1. The number of nitrogens with one attached hydrogen (secondary N) is 2. The lowest BCUT2D eigenvalue weighted by atomic mass is 10.0. The summed E-state index contributed by atoms with van der Waals surface area (Å²) in [6, 6.07) is -2.65. The molecule has 12 heteroatoms. The summed E-state index contributed by atoms with van der Waals surface area (Å²) >= 11 is 0. The standard InChI is InChI=1S/C27H41F2N3O7/c1-7-10-12-26(28,29)13-11-19(30-24(37)39-25(4,5)6)22(35)32-16-18(33)14-20(32)21(34)31-27(15-17(27)8-2)23(36)38-9-3/h7-8,17-20,33H,1-2,9-16H2,3-6H3,(H,30,37)(H,31,34)/t17-,18-,19+,20+,27-/m1/s1. The van der Waals surface area contributed by atoms with Gasteiger partial charge in [0, 0.05) is 31.7 Å². The van der Waals surface area contributed by atoms with Crippen molar-refractivity contribution in [3.63, 3.8) is 0 Å². The number of aliphatic hydroxyl groups is 1. The summed E-state index contributed by atoms with van der Waals surface area (Å²) in [4.78, 5) is 53.0. The van der Waals surface area contributed by atoms with Gasteiger partial charge < -0.3 is 30.1 Å². The van der Waals surface area contributed by atoms with Gasteiger partial charge in [-0.05, 0) is 47.0 Å². The third-order valence-electron chi connectivity index (χ3n) is 6.65. The molecule has 2 rings (SSSR count). The number of hydrogen-bond donors (Lipinski definition) is 3. The summed E-state index contributed by atoms with van der Waals surface area (Å²) < 4.78 is 39.1. The first-order chi connectivity index (χ1) is 18.1. The Bertz CT molecular complexity index is 952. The highest BCUT2D eigenvalue weighted by Crippen LogP contribution is 2.45. The van der Waals surface area contributed by atoms with E-state index >= 15 is 0 Å². The molecule has 1 aliphatic carbocycles. The third kappa shape index (κ3) is 8.74. The highest BCUT2D eigenvalue weighted by atomic mass is 19.3. The summed E-state index contributed by atoms with van der Waals surface area (Å²) in [5.41, 5.74) is -2.23. The van der Waals surface area contributed by atoms with Gasteiger partial charge >= 0.3 is 12.1 Å². The van der Waals surface area contributed by atoms with Gasteiger partial charge in [-0.3, -0.25) is 9.59 Å². The van der Waals surface area contributed by atoms with Gasteiger partial charge in [-0.2, -0.15) is 0 Å². The summed E-state index contributed by atoms with van der Waals surface area (Å²) in [7, 11) is 0. The minimum Gasteiger partial charge on any atom is -0.464 e. The molecule has 0 aromatic heterocycles. The maximum Gasteiger partial charge on any atom is 0.408 e. The zero-order chi connectivity index (χ0) is 29.6. The highest BCUT2D eigenvalue weighted by molar-refractivity contribution is 5.96. The lowest BCUT2D eigenvalue weighted by Crippen LogP contribution is -2.57. The Balaban J connectivity index is 2.25.